The number of methoxy groups -OCH3 is 1. The Kier molecular flexibility index (Phi) is 8.44. The number of benzene rings is 2. The molecule has 206 valence electrons. The van der Waals surface area contributed by atoms with E-state index in [4.69, 9.17) is 14.2 Å². The Morgan fingerprint density at radius 3 is 2.11 bits per heavy atom. The van der Waals surface area contributed by atoms with E-state index in [9.17, 15) is 4.79 Å². The van der Waals surface area contributed by atoms with Gasteiger partial charge in [0, 0.05) is 81.8 Å². The molecule has 38 heavy (non-hydrogen) atoms. The van der Waals surface area contributed by atoms with Gasteiger partial charge in [-0.3, -0.25) is 0 Å². The number of carbonyl (C=O) groups excluding carboxylic acids is 1. The summed E-state index contributed by atoms with van der Waals surface area (Å²) in [6, 6.07) is 12.2. The number of rotatable bonds is 8. The predicted octanol–water partition coefficient (Wildman–Crippen LogP) is 5.31. The van der Waals surface area contributed by atoms with Gasteiger partial charge in [0.15, 0.2) is 0 Å². The van der Waals surface area contributed by atoms with Crippen LogP contribution in [0.1, 0.15) is 66.6 Å². The summed E-state index contributed by atoms with van der Waals surface area (Å²) in [7, 11) is 1.47. The van der Waals surface area contributed by atoms with Crippen molar-refractivity contribution in [2.24, 2.45) is 0 Å². The first kappa shape index (κ1) is 26.8. The minimum Gasteiger partial charge on any atom is -0.465 e. The predicted molar refractivity (Wildman–Crippen MR) is 153 cm³/mol. The van der Waals surface area contributed by atoms with Crippen LogP contribution < -0.4 is 14.7 Å². The molecule has 0 spiro atoms. The van der Waals surface area contributed by atoms with E-state index in [2.05, 4.69) is 52.8 Å². The lowest BCUT2D eigenvalue weighted by Gasteiger charge is -2.37. The van der Waals surface area contributed by atoms with Crippen LogP contribution in [0.3, 0.4) is 0 Å². The van der Waals surface area contributed by atoms with E-state index in [1.807, 2.05) is 13.0 Å². The van der Waals surface area contributed by atoms with Crippen molar-refractivity contribution in [2.45, 2.75) is 71.6 Å². The normalized spacial score (nSPS) is 18.4. The average molecular weight is 522 g/mol. The van der Waals surface area contributed by atoms with Gasteiger partial charge < -0.3 is 28.9 Å². The summed E-state index contributed by atoms with van der Waals surface area (Å²) in [6.07, 6.45) is 4.18. The second-order valence-corrected chi connectivity index (χ2v) is 10.7. The van der Waals surface area contributed by atoms with Crippen molar-refractivity contribution in [1.29, 1.82) is 0 Å². The molecular weight excluding hydrogens is 478 g/mol. The van der Waals surface area contributed by atoms with Gasteiger partial charge in [-0.25, -0.2) is 4.79 Å². The smallest absolute Gasteiger partial charge is 0.338 e. The molecule has 0 unspecified atom stereocenters. The van der Waals surface area contributed by atoms with E-state index in [1.165, 1.54) is 23.9 Å². The molecule has 0 radical (unpaired) electrons. The molecule has 3 aliphatic heterocycles. The zero-order chi connectivity index (χ0) is 26.6. The minimum absolute atomic E-state index is 0.275. The van der Waals surface area contributed by atoms with E-state index >= 15 is 0 Å². The Morgan fingerprint density at radius 1 is 0.895 bits per heavy atom. The van der Waals surface area contributed by atoms with E-state index < -0.39 is 0 Å². The fourth-order valence-corrected chi connectivity index (χ4v) is 6.50. The topological polar surface area (TPSA) is 54.5 Å². The van der Waals surface area contributed by atoms with Crippen molar-refractivity contribution in [3.8, 4) is 0 Å². The molecule has 0 amide bonds. The van der Waals surface area contributed by atoms with Crippen molar-refractivity contribution < 1.29 is 19.0 Å². The molecule has 2 aromatic rings. The third kappa shape index (κ3) is 5.36. The molecule has 2 saturated heterocycles. The van der Waals surface area contributed by atoms with Crippen molar-refractivity contribution in [2.75, 3.05) is 61.3 Å². The van der Waals surface area contributed by atoms with Gasteiger partial charge in [0.25, 0.3) is 0 Å². The van der Waals surface area contributed by atoms with Crippen molar-refractivity contribution in [3.63, 3.8) is 0 Å². The number of anilines is 3. The van der Waals surface area contributed by atoms with Gasteiger partial charge in [-0.1, -0.05) is 6.07 Å². The summed E-state index contributed by atoms with van der Waals surface area (Å²) in [6.45, 7) is 13.3. The summed E-state index contributed by atoms with van der Waals surface area (Å²) in [5, 5.41) is 0. The van der Waals surface area contributed by atoms with Crippen molar-refractivity contribution >= 4 is 23.0 Å². The fraction of sp³-hybridized carbons (Fsp3) is 0.581. The highest BCUT2D eigenvalue weighted by Crippen LogP contribution is 2.37. The Morgan fingerprint density at radius 2 is 1.50 bits per heavy atom. The van der Waals surface area contributed by atoms with Crippen LogP contribution in [0, 0.1) is 6.92 Å². The number of esters is 1. The fourth-order valence-electron chi connectivity index (χ4n) is 6.50. The Labute approximate surface area is 227 Å². The van der Waals surface area contributed by atoms with Crippen LogP contribution in [-0.2, 0) is 27.3 Å². The molecule has 7 nitrogen and oxygen atoms in total. The van der Waals surface area contributed by atoms with Gasteiger partial charge in [-0.2, -0.15) is 0 Å². The maximum atomic E-state index is 12.9. The number of carbonyl (C=O) groups is 1. The quantitative estimate of drug-likeness (QED) is 0.436. The van der Waals surface area contributed by atoms with Crippen LogP contribution in [0.15, 0.2) is 30.3 Å². The number of nitrogens with zero attached hydrogens (tertiary/aromatic N) is 3. The van der Waals surface area contributed by atoms with Crippen LogP contribution >= 0.6 is 0 Å². The number of fused-ring (bicyclic) bond motifs is 1. The van der Waals surface area contributed by atoms with Crippen LogP contribution in [0.4, 0.5) is 17.1 Å². The van der Waals surface area contributed by atoms with Crippen LogP contribution in [0.25, 0.3) is 0 Å². The number of ether oxygens (including phenoxy) is 3. The highest BCUT2D eigenvalue weighted by Gasteiger charge is 2.28. The third-order valence-corrected chi connectivity index (χ3v) is 8.63. The number of hydrogen-bond acceptors (Lipinski definition) is 7. The first-order valence-corrected chi connectivity index (χ1v) is 14.3. The Bertz CT molecular complexity index is 1120. The zero-order valence-corrected chi connectivity index (χ0v) is 23.5. The Balaban J connectivity index is 1.44. The molecule has 2 aromatic carbocycles. The Hall–Kier alpha value is -2.77. The lowest BCUT2D eigenvalue weighted by molar-refractivity contribution is 0.0599. The van der Waals surface area contributed by atoms with Gasteiger partial charge >= 0.3 is 5.97 Å². The first-order chi connectivity index (χ1) is 18.5. The van der Waals surface area contributed by atoms with E-state index in [0.29, 0.717) is 17.6 Å². The second-order valence-electron chi connectivity index (χ2n) is 10.7. The molecule has 2 fully saturated rings. The van der Waals surface area contributed by atoms with E-state index in [-0.39, 0.29) is 5.97 Å². The summed E-state index contributed by atoms with van der Waals surface area (Å²) < 4.78 is 16.5. The van der Waals surface area contributed by atoms with Crippen LogP contribution in [0.2, 0.25) is 0 Å². The minimum atomic E-state index is -0.275. The lowest BCUT2D eigenvalue weighted by atomic mass is 10.00. The maximum Gasteiger partial charge on any atom is 0.338 e. The molecule has 0 aliphatic carbocycles. The molecule has 3 heterocycles. The molecule has 3 aliphatic rings. The monoisotopic (exact) mass is 521 g/mol. The molecule has 7 heteroatoms. The van der Waals surface area contributed by atoms with Gasteiger partial charge in [0.2, 0.25) is 0 Å². The molecule has 0 bridgehead atoms. The van der Waals surface area contributed by atoms with Gasteiger partial charge in [0.1, 0.15) is 0 Å². The molecular formula is C31H43N3O4. The van der Waals surface area contributed by atoms with Crippen molar-refractivity contribution in [3.05, 3.63) is 52.6 Å². The highest BCUT2D eigenvalue weighted by molar-refractivity contribution is 5.94. The summed E-state index contributed by atoms with van der Waals surface area (Å²) in [5.74, 6) is -0.275. The molecule has 0 N–H and O–H groups in total. The van der Waals surface area contributed by atoms with Gasteiger partial charge in [0.05, 0.1) is 12.7 Å². The van der Waals surface area contributed by atoms with E-state index in [1.54, 1.807) is 0 Å². The number of hydrogen-bond donors (Lipinski definition) is 0. The van der Waals surface area contributed by atoms with E-state index in [0.717, 1.165) is 95.2 Å². The zero-order valence-electron chi connectivity index (χ0n) is 23.5. The summed E-state index contributed by atoms with van der Waals surface area (Å²) >= 11 is 0. The SMILES string of the molecule is CCN(c1ccc2c(c1)CN(c1cc(C(=O)OC)c(C)c(N(CC)C3CCOCC3)c1)C2)C1CCOCC1. The van der Waals surface area contributed by atoms with Crippen LogP contribution in [-0.4, -0.2) is 64.7 Å². The standard InChI is InChI=1S/C31H43N3O4/c1-5-33(25-9-13-37-14-10-25)27-8-7-23-20-32(21-24(23)17-27)28-18-29(31(35)36-4)22(3)30(19-28)34(6-2)26-11-15-38-16-12-26/h7-8,17-19,25-26H,5-6,9-16,20-21H2,1-4H3. The largest absolute Gasteiger partial charge is 0.465 e. The van der Waals surface area contributed by atoms with Gasteiger partial charge in [-0.05, 0) is 87.4 Å². The highest BCUT2D eigenvalue weighted by atomic mass is 16.5. The summed E-state index contributed by atoms with van der Waals surface area (Å²) in [4.78, 5) is 20.3. The summed E-state index contributed by atoms with van der Waals surface area (Å²) in [5.41, 5.74) is 7.87. The third-order valence-electron chi connectivity index (χ3n) is 8.63. The average Bonchev–Trinajstić information content (AvgIpc) is 3.39. The first-order valence-electron chi connectivity index (χ1n) is 14.3. The van der Waals surface area contributed by atoms with Gasteiger partial charge in [-0.15, -0.1) is 0 Å². The lowest BCUT2D eigenvalue weighted by Crippen LogP contribution is -2.40. The molecule has 0 atom stereocenters. The maximum absolute atomic E-state index is 12.9. The van der Waals surface area contributed by atoms with Crippen molar-refractivity contribution in [1.82, 2.24) is 0 Å². The molecule has 5 rings (SSSR count). The second kappa shape index (κ2) is 12.0. The van der Waals surface area contributed by atoms with Crippen LogP contribution in [0.5, 0.6) is 0 Å². The molecule has 0 saturated carbocycles. The molecule has 0 aromatic heterocycles.